The lowest BCUT2D eigenvalue weighted by molar-refractivity contribution is 0.409. The Bertz CT molecular complexity index is 1040. The molecule has 1 aromatic heterocycles. The fourth-order valence-electron chi connectivity index (χ4n) is 3.18. The van der Waals surface area contributed by atoms with Gasteiger partial charge in [0.1, 0.15) is 11.6 Å². The topological polar surface area (TPSA) is 46.5 Å². The fourth-order valence-corrected chi connectivity index (χ4v) is 3.18. The van der Waals surface area contributed by atoms with Crippen LogP contribution in [0.4, 0.5) is 10.1 Å². The molecule has 0 saturated heterocycles. The van der Waals surface area contributed by atoms with Crippen LogP contribution in [0.3, 0.4) is 0 Å². The molecule has 0 unspecified atom stereocenters. The van der Waals surface area contributed by atoms with Gasteiger partial charge in [0.15, 0.2) is 0 Å². The van der Waals surface area contributed by atoms with E-state index >= 15 is 0 Å². The monoisotopic (exact) mass is 373 g/mol. The molecule has 0 aliphatic carbocycles. The van der Waals surface area contributed by atoms with Crippen LogP contribution in [-0.2, 0) is 13.1 Å². The van der Waals surface area contributed by atoms with Crippen molar-refractivity contribution in [3.63, 3.8) is 0 Å². The van der Waals surface area contributed by atoms with E-state index in [4.69, 9.17) is 4.74 Å². The van der Waals surface area contributed by atoms with Crippen molar-refractivity contribution in [3.8, 4) is 5.75 Å². The summed E-state index contributed by atoms with van der Waals surface area (Å²) >= 11 is 0. The van der Waals surface area contributed by atoms with E-state index in [1.54, 1.807) is 19.4 Å². The molecule has 1 aliphatic heterocycles. The van der Waals surface area contributed by atoms with E-state index in [9.17, 15) is 4.39 Å². The fraction of sp³-hybridized carbons (Fsp3) is 0.130. The minimum atomic E-state index is -0.277. The molecule has 0 saturated carbocycles. The minimum absolute atomic E-state index is 0.277. The Kier molecular flexibility index (Phi) is 5.15. The molecule has 1 N–H and O–H groups in total. The number of nitrogens with one attached hydrogen (secondary N) is 1. The van der Waals surface area contributed by atoms with Gasteiger partial charge in [0.25, 0.3) is 0 Å². The van der Waals surface area contributed by atoms with Gasteiger partial charge in [0, 0.05) is 29.6 Å². The Morgan fingerprint density at radius 3 is 2.86 bits per heavy atom. The van der Waals surface area contributed by atoms with Crippen LogP contribution in [-0.4, -0.2) is 17.8 Å². The molecule has 28 heavy (non-hydrogen) atoms. The van der Waals surface area contributed by atoms with Crippen molar-refractivity contribution in [2.24, 2.45) is 4.99 Å². The molecule has 5 heteroatoms. The van der Waals surface area contributed by atoms with Crippen LogP contribution in [0.15, 0.2) is 71.9 Å². The number of nitrogens with zero attached hydrogens (tertiary/aromatic N) is 2. The number of allylic oxidation sites excluding steroid dienone is 1. The average Bonchev–Trinajstić information content (AvgIpc) is 3.14. The third-order valence-corrected chi connectivity index (χ3v) is 4.63. The summed E-state index contributed by atoms with van der Waals surface area (Å²) in [7, 11) is 1.59. The van der Waals surface area contributed by atoms with Crippen LogP contribution in [0.5, 0.6) is 5.75 Å². The molecule has 0 atom stereocenters. The highest BCUT2D eigenvalue weighted by molar-refractivity contribution is 6.13. The van der Waals surface area contributed by atoms with E-state index in [-0.39, 0.29) is 5.82 Å². The normalized spacial score (nSPS) is 12.7. The zero-order valence-corrected chi connectivity index (χ0v) is 15.5. The van der Waals surface area contributed by atoms with Crippen molar-refractivity contribution in [1.29, 1.82) is 0 Å². The molecule has 2 aromatic carbocycles. The quantitative estimate of drug-likeness (QED) is 0.671. The Balaban J connectivity index is 1.51. The van der Waals surface area contributed by atoms with Crippen LogP contribution in [0, 0.1) is 5.82 Å². The molecule has 140 valence electrons. The predicted molar refractivity (Wildman–Crippen MR) is 110 cm³/mol. The highest BCUT2D eigenvalue weighted by atomic mass is 19.1. The van der Waals surface area contributed by atoms with Gasteiger partial charge in [0.2, 0.25) is 0 Å². The number of hydrogen-bond donors (Lipinski definition) is 1. The Hall–Kier alpha value is -3.47. The first-order valence-corrected chi connectivity index (χ1v) is 9.06. The second kappa shape index (κ2) is 8.05. The molecule has 4 nitrogen and oxygen atoms in total. The van der Waals surface area contributed by atoms with Gasteiger partial charge in [-0.15, -0.1) is 0 Å². The van der Waals surface area contributed by atoms with Crippen LogP contribution < -0.4 is 10.1 Å². The van der Waals surface area contributed by atoms with Crippen molar-refractivity contribution in [2.75, 3.05) is 12.4 Å². The molecular weight excluding hydrogens is 353 g/mol. The molecule has 4 rings (SSSR count). The van der Waals surface area contributed by atoms with Crippen molar-refractivity contribution in [2.45, 2.75) is 13.1 Å². The lowest BCUT2D eigenvalue weighted by atomic mass is 10.0. The maximum Gasteiger partial charge on any atom is 0.124 e. The summed E-state index contributed by atoms with van der Waals surface area (Å²) in [6.07, 6.45) is 5.73. The van der Waals surface area contributed by atoms with Gasteiger partial charge < -0.3 is 10.1 Å². The van der Waals surface area contributed by atoms with E-state index < -0.39 is 0 Å². The molecule has 0 bridgehead atoms. The van der Waals surface area contributed by atoms with E-state index in [2.05, 4.69) is 27.4 Å². The largest absolute Gasteiger partial charge is 0.496 e. The third-order valence-electron chi connectivity index (χ3n) is 4.63. The number of rotatable bonds is 6. The molecule has 0 amide bonds. The van der Waals surface area contributed by atoms with Crippen molar-refractivity contribution in [1.82, 2.24) is 4.98 Å². The molecule has 0 radical (unpaired) electrons. The lowest BCUT2D eigenvalue weighted by Gasteiger charge is -2.12. The van der Waals surface area contributed by atoms with E-state index in [0.29, 0.717) is 18.8 Å². The smallest absolute Gasteiger partial charge is 0.124 e. The SMILES string of the molecule is COc1ccc(F)cc1CNc1ccc2c(c1)C(/C=C/c1ccccn1)=NC2. The van der Waals surface area contributed by atoms with Gasteiger partial charge in [-0.3, -0.25) is 9.98 Å². The second-order valence-corrected chi connectivity index (χ2v) is 6.47. The van der Waals surface area contributed by atoms with Crippen molar-refractivity contribution < 1.29 is 9.13 Å². The summed E-state index contributed by atoms with van der Waals surface area (Å²) in [6, 6.07) is 16.5. The number of anilines is 1. The van der Waals surface area contributed by atoms with Gasteiger partial charge in [-0.05, 0) is 60.2 Å². The Morgan fingerprint density at radius 1 is 1.11 bits per heavy atom. The number of halogens is 1. The minimum Gasteiger partial charge on any atom is -0.496 e. The number of aliphatic imine (C=N–C) groups is 1. The zero-order chi connectivity index (χ0) is 19.3. The standard InChI is InChI=1S/C23H20FN3O/c1-28-23-10-6-18(24)12-17(23)15-26-20-7-5-16-14-27-22(21(16)13-20)9-8-19-4-2-3-11-25-19/h2-13,26H,14-15H2,1H3/b9-8+. The van der Waals surface area contributed by atoms with Gasteiger partial charge >= 0.3 is 0 Å². The van der Waals surface area contributed by atoms with Crippen molar-refractivity contribution >= 4 is 17.5 Å². The summed E-state index contributed by atoms with van der Waals surface area (Å²) in [6.45, 7) is 1.14. The summed E-state index contributed by atoms with van der Waals surface area (Å²) in [5, 5.41) is 3.35. The Labute approximate surface area is 163 Å². The average molecular weight is 373 g/mol. The number of aromatic nitrogens is 1. The number of pyridine rings is 1. The lowest BCUT2D eigenvalue weighted by Crippen LogP contribution is -2.04. The summed E-state index contributed by atoms with van der Waals surface area (Å²) in [5.41, 5.74) is 5.84. The maximum absolute atomic E-state index is 13.6. The van der Waals surface area contributed by atoms with Crippen LogP contribution in [0.1, 0.15) is 22.4 Å². The van der Waals surface area contributed by atoms with Gasteiger partial charge in [-0.2, -0.15) is 0 Å². The maximum atomic E-state index is 13.6. The highest BCUT2D eigenvalue weighted by Crippen LogP contribution is 2.25. The number of hydrogen-bond acceptors (Lipinski definition) is 4. The zero-order valence-electron chi connectivity index (χ0n) is 15.5. The van der Waals surface area contributed by atoms with Crippen LogP contribution >= 0.6 is 0 Å². The highest BCUT2D eigenvalue weighted by Gasteiger charge is 2.14. The van der Waals surface area contributed by atoms with Gasteiger partial charge in [0.05, 0.1) is 25.1 Å². The first kappa shape index (κ1) is 17.9. The van der Waals surface area contributed by atoms with Crippen LogP contribution in [0.25, 0.3) is 6.08 Å². The second-order valence-electron chi connectivity index (χ2n) is 6.47. The summed E-state index contributed by atoms with van der Waals surface area (Å²) in [4.78, 5) is 8.92. The predicted octanol–water partition coefficient (Wildman–Crippen LogP) is 4.86. The first-order chi connectivity index (χ1) is 13.7. The molecule has 3 aromatic rings. The first-order valence-electron chi connectivity index (χ1n) is 9.06. The number of methoxy groups -OCH3 is 1. The number of fused-ring (bicyclic) bond motifs is 1. The van der Waals surface area contributed by atoms with E-state index in [1.165, 1.54) is 17.7 Å². The summed E-state index contributed by atoms with van der Waals surface area (Å²) in [5.74, 6) is 0.385. The molecule has 2 heterocycles. The Morgan fingerprint density at radius 2 is 2.04 bits per heavy atom. The van der Waals surface area contributed by atoms with Gasteiger partial charge in [-0.1, -0.05) is 12.1 Å². The van der Waals surface area contributed by atoms with E-state index in [0.717, 1.165) is 28.2 Å². The van der Waals surface area contributed by atoms with Crippen LogP contribution in [0.2, 0.25) is 0 Å². The number of ether oxygens (including phenoxy) is 1. The van der Waals surface area contributed by atoms with E-state index in [1.807, 2.05) is 36.4 Å². The molecule has 1 aliphatic rings. The molecular formula is C23H20FN3O. The molecule has 0 spiro atoms. The summed E-state index contributed by atoms with van der Waals surface area (Å²) < 4.78 is 18.9. The molecule has 0 fully saturated rings. The van der Waals surface area contributed by atoms with Crippen molar-refractivity contribution in [3.05, 3.63) is 95.1 Å². The third kappa shape index (κ3) is 3.93. The number of benzene rings is 2. The van der Waals surface area contributed by atoms with Gasteiger partial charge in [-0.25, -0.2) is 4.39 Å².